The molecule has 6 heteroatoms. The van der Waals surface area contributed by atoms with E-state index in [9.17, 15) is 4.79 Å². The van der Waals surface area contributed by atoms with Crippen LogP contribution in [0.4, 0.5) is 9.59 Å². The van der Waals surface area contributed by atoms with Gasteiger partial charge < -0.3 is 19.7 Å². The molecule has 0 bridgehead atoms. The van der Waals surface area contributed by atoms with Crippen molar-refractivity contribution in [3.63, 3.8) is 0 Å². The number of carbonyl (C=O) groups excluding carboxylic acids is 1. The number of para-hydroxylation sites is 2. The third kappa shape index (κ3) is 5.96. The van der Waals surface area contributed by atoms with Crippen molar-refractivity contribution in [2.75, 3.05) is 0 Å². The zero-order chi connectivity index (χ0) is 16.5. The fourth-order valence-electron chi connectivity index (χ4n) is 1.54. The molecule has 22 heavy (non-hydrogen) atoms. The van der Waals surface area contributed by atoms with Crippen LogP contribution in [0.25, 0.3) is 0 Å². The lowest BCUT2D eigenvalue weighted by molar-refractivity contribution is 0.136. The molecule has 0 amide bonds. The standard InChI is InChI=1S/C15H14O3.CH2O3/c1-11-7-3-5-9-13(11)17-15(16)18-14-10-6-4-8-12(14)2;2-1(3)4/h3-10H,1-2H3;(H2,2,3,4). The van der Waals surface area contributed by atoms with E-state index in [0.717, 1.165) is 11.1 Å². The molecule has 0 radical (unpaired) electrons. The van der Waals surface area contributed by atoms with Crippen LogP contribution in [0.3, 0.4) is 0 Å². The Hall–Kier alpha value is -3.02. The van der Waals surface area contributed by atoms with Gasteiger partial charge in [0.15, 0.2) is 0 Å². The zero-order valence-electron chi connectivity index (χ0n) is 12.1. The van der Waals surface area contributed by atoms with E-state index in [1.165, 1.54) is 0 Å². The van der Waals surface area contributed by atoms with Crippen molar-refractivity contribution in [3.05, 3.63) is 59.7 Å². The minimum absolute atomic E-state index is 0.510. The molecule has 0 spiro atoms. The first-order chi connectivity index (χ1) is 10.4. The van der Waals surface area contributed by atoms with Crippen LogP contribution in [-0.2, 0) is 0 Å². The molecule has 2 aromatic carbocycles. The highest BCUT2D eigenvalue weighted by Gasteiger charge is 2.10. The Bertz CT molecular complexity index is 597. The molecule has 0 atom stereocenters. The van der Waals surface area contributed by atoms with Gasteiger partial charge in [0, 0.05) is 0 Å². The second-order valence-corrected chi connectivity index (χ2v) is 4.27. The fraction of sp³-hybridized carbons (Fsp3) is 0.125. The molecule has 0 saturated heterocycles. The van der Waals surface area contributed by atoms with Crippen LogP contribution in [0.1, 0.15) is 11.1 Å². The number of aryl methyl sites for hydroxylation is 2. The van der Waals surface area contributed by atoms with Crippen LogP contribution in [0, 0.1) is 13.8 Å². The summed E-state index contributed by atoms with van der Waals surface area (Å²) in [6, 6.07) is 14.6. The van der Waals surface area contributed by atoms with Gasteiger partial charge in [-0.2, -0.15) is 0 Å². The van der Waals surface area contributed by atoms with E-state index in [-0.39, 0.29) is 0 Å². The van der Waals surface area contributed by atoms with Crippen molar-refractivity contribution in [2.45, 2.75) is 13.8 Å². The van der Waals surface area contributed by atoms with E-state index < -0.39 is 12.3 Å². The molecule has 2 N–H and O–H groups in total. The van der Waals surface area contributed by atoms with Gasteiger partial charge >= 0.3 is 12.3 Å². The van der Waals surface area contributed by atoms with Gasteiger partial charge in [-0.3, -0.25) is 0 Å². The zero-order valence-corrected chi connectivity index (χ0v) is 12.1. The third-order valence-electron chi connectivity index (χ3n) is 2.57. The predicted molar refractivity (Wildman–Crippen MR) is 79.7 cm³/mol. The number of hydrogen-bond acceptors (Lipinski definition) is 4. The molecular formula is C16H16O6. The normalized spacial score (nSPS) is 9.18. The molecule has 0 aromatic heterocycles. The number of hydrogen-bond donors (Lipinski definition) is 2. The summed E-state index contributed by atoms with van der Waals surface area (Å²) in [7, 11) is 0. The minimum Gasteiger partial charge on any atom is -0.450 e. The lowest BCUT2D eigenvalue weighted by atomic mass is 10.2. The quantitative estimate of drug-likeness (QED) is 0.640. The molecule has 0 aliphatic heterocycles. The number of carbonyl (C=O) groups is 2. The maximum Gasteiger partial charge on any atom is 0.519 e. The lowest BCUT2D eigenvalue weighted by Gasteiger charge is -2.08. The molecule has 0 aliphatic rings. The van der Waals surface area contributed by atoms with Crippen molar-refractivity contribution in [2.24, 2.45) is 0 Å². The van der Waals surface area contributed by atoms with Crippen molar-refractivity contribution in [1.29, 1.82) is 0 Å². The van der Waals surface area contributed by atoms with Crippen LogP contribution in [0.15, 0.2) is 48.5 Å². The first kappa shape index (κ1) is 17.0. The highest BCUT2D eigenvalue weighted by Crippen LogP contribution is 2.20. The van der Waals surface area contributed by atoms with Gasteiger partial charge in [-0.05, 0) is 37.1 Å². The van der Waals surface area contributed by atoms with Gasteiger partial charge in [0.1, 0.15) is 11.5 Å². The molecule has 116 valence electrons. The number of ether oxygens (including phenoxy) is 2. The average Bonchev–Trinajstić information content (AvgIpc) is 2.43. The Labute approximate surface area is 127 Å². The molecule has 2 aromatic rings. The molecule has 2 rings (SSSR count). The highest BCUT2D eigenvalue weighted by molar-refractivity contribution is 5.68. The summed E-state index contributed by atoms with van der Waals surface area (Å²) >= 11 is 0. The summed E-state index contributed by atoms with van der Waals surface area (Å²) in [5.74, 6) is 1.02. The maximum atomic E-state index is 11.6. The van der Waals surface area contributed by atoms with Gasteiger partial charge in [0.25, 0.3) is 0 Å². The fourth-order valence-corrected chi connectivity index (χ4v) is 1.54. The monoisotopic (exact) mass is 304 g/mol. The van der Waals surface area contributed by atoms with E-state index in [2.05, 4.69) is 0 Å². The molecule has 0 unspecified atom stereocenters. The van der Waals surface area contributed by atoms with E-state index in [1.54, 1.807) is 12.1 Å². The van der Waals surface area contributed by atoms with Gasteiger partial charge in [-0.1, -0.05) is 36.4 Å². The SMILES string of the molecule is Cc1ccccc1OC(=O)Oc1ccccc1C.O=C(O)O. The van der Waals surface area contributed by atoms with Gasteiger partial charge in [0.2, 0.25) is 0 Å². The van der Waals surface area contributed by atoms with E-state index in [4.69, 9.17) is 24.5 Å². The Balaban J connectivity index is 0.000000541. The smallest absolute Gasteiger partial charge is 0.450 e. The molecule has 0 heterocycles. The lowest BCUT2D eigenvalue weighted by Crippen LogP contribution is -2.14. The highest BCUT2D eigenvalue weighted by atomic mass is 16.7. The van der Waals surface area contributed by atoms with Gasteiger partial charge in [0.05, 0.1) is 0 Å². The van der Waals surface area contributed by atoms with E-state index in [0.29, 0.717) is 11.5 Å². The minimum atomic E-state index is -1.83. The summed E-state index contributed by atoms with van der Waals surface area (Å²) in [6.07, 6.45) is -2.56. The van der Waals surface area contributed by atoms with Gasteiger partial charge in [-0.15, -0.1) is 0 Å². The summed E-state index contributed by atoms with van der Waals surface area (Å²) in [6.45, 7) is 3.74. The Kier molecular flexibility index (Phi) is 6.43. The maximum absolute atomic E-state index is 11.6. The third-order valence-corrected chi connectivity index (χ3v) is 2.57. The summed E-state index contributed by atoms with van der Waals surface area (Å²) in [4.78, 5) is 20.2. The number of benzene rings is 2. The van der Waals surface area contributed by atoms with Crippen LogP contribution in [0.2, 0.25) is 0 Å². The molecule has 0 fully saturated rings. The first-order valence-electron chi connectivity index (χ1n) is 6.33. The van der Waals surface area contributed by atoms with E-state index in [1.807, 2.05) is 50.2 Å². The van der Waals surface area contributed by atoms with E-state index >= 15 is 0 Å². The van der Waals surface area contributed by atoms with Crippen LogP contribution in [-0.4, -0.2) is 22.5 Å². The molecular weight excluding hydrogens is 288 g/mol. The van der Waals surface area contributed by atoms with Crippen LogP contribution < -0.4 is 9.47 Å². The van der Waals surface area contributed by atoms with Crippen molar-refractivity contribution >= 4 is 12.3 Å². The Morgan fingerprint density at radius 1 is 0.773 bits per heavy atom. The average molecular weight is 304 g/mol. The van der Waals surface area contributed by atoms with Crippen molar-refractivity contribution < 1.29 is 29.3 Å². The largest absolute Gasteiger partial charge is 0.519 e. The Morgan fingerprint density at radius 3 is 1.41 bits per heavy atom. The van der Waals surface area contributed by atoms with Gasteiger partial charge in [-0.25, -0.2) is 9.59 Å². The van der Waals surface area contributed by atoms with Crippen molar-refractivity contribution in [1.82, 2.24) is 0 Å². The van der Waals surface area contributed by atoms with Crippen LogP contribution in [0.5, 0.6) is 11.5 Å². The second-order valence-electron chi connectivity index (χ2n) is 4.27. The molecule has 0 saturated carbocycles. The summed E-state index contributed by atoms with van der Waals surface area (Å²) in [5, 5.41) is 13.9. The first-order valence-corrected chi connectivity index (χ1v) is 6.33. The summed E-state index contributed by atoms with van der Waals surface area (Å²) in [5.41, 5.74) is 1.78. The van der Waals surface area contributed by atoms with Crippen LogP contribution >= 0.6 is 0 Å². The predicted octanol–water partition coefficient (Wildman–Crippen LogP) is 4.10. The second kappa shape index (κ2) is 8.31. The summed E-state index contributed by atoms with van der Waals surface area (Å²) < 4.78 is 10.3. The topological polar surface area (TPSA) is 93.1 Å². The van der Waals surface area contributed by atoms with Crippen molar-refractivity contribution in [3.8, 4) is 11.5 Å². The number of rotatable bonds is 2. The number of carboxylic acid groups (broad SMARTS) is 2. The molecule has 6 nitrogen and oxygen atoms in total. The molecule has 0 aliphatic carbocycles. The Morgan fingerprint density at radius 2 is 1.09 bits per heavy atom.